The van der Waals surface area contributed by atoms with E-state index < -0.39 is 35.6 Å². The normalized spacial score (nSPS) is 12.4. The fraction of sp³-hybridized carbons (Fsp3) is 0.357. The Kier molecular flexibility index (Phi) is 10.5. The van der Waals surface area contributed by atoms with Crippen molar-refractivity contribution in [3.05, 3.63) is 77.7 Å². The first-order valence-electron chi connectivity index (χ1n) is 11.9. The average Bonchev–Trinajstić information content (AvgIpc) is 3.28. The Morgan fingerprint density at radius 3 is 2.46 bits per heavy atom. The van der Waals surface area contributed by atoms with Crippen LogP contribution in [-0.2, 0) is 29.0 Å². The number of furan rings is 1. The van der Waals surface area contributed by atoms with Crippen LogP contribution in [0.25, 0.3) is 11.0 Å². The molecule has 0 spiro atoms. The molecule has 194 valence electrons. The quantitative estimate of drug-likeness (QED) is 0.339. The van der Waals surface area contributed by atoms with E-state index in [1.54, 1.807) is 32.3 Å². The molecule has 0 aliphatic carbocycles. The second-order valence-corrected chi connectivity index (χ2v) is 9.11. The number of carbonyl (C=O) groups is 3. The molecule has 0 saturated heterocycles. The summed E-state index contributed by atoms with van der Waals surface area (Å²) in [6, 6.07) is 13.2. The van der Waals surface area contributed by atoms with Crippen molar-refractivity contribution >= 4 is 28.7 Å². The first-order valence-corrected chi connectivity index (χ1v) is 11.9. The number of hydrogen-bond donors (Lipinski definition) is 1. The Balaban J connectivity index is 0.00000481. The zero-order valence-corrected chi connectivity index (χ0v) is 26.1. The van der Waals surface area contributed by atoms with Gasteiger partial charge in [-0.25, -0.2) is 4.39 Å². The van der Waals surface area contributed by atoms with E-state index in [9.17, 15) is 18.8 Å². The molecule has 3 aromatic rings. The van der Waals surface area contributed by atoms with E-state index in [4.69, 9.17) is 4.42 Å². The number of rotatable bonds is 9. The number of benzene rings is 2. The number of amides is 3. The monoisotopic (exact) mass is 731 g/mol. The maximum Gasteiger partial charge on any atom is 2.00 e. The zero-order valence-electron chi connectivity index (χ0n) is 21.9. The molecule has 9 heteroatoms. The molecule has 1 heterocycles. The van der Waals surface area contributed by atoms with Crippen LogP contribution in [0.2, 0.25) is 0 Å². The second-order valence-electron chi connectivity index (χ2n) is 9.11. The Morgan fingerprint density at radius 2 is 1.84 bits per heavy atom. The van der Waals surface area contributed by atoms with E-state index in [-0.39, 0.29) is 43.4 Å². The molecule has 0 fully saturated rings. The van der Waals surface area contributed by atoms with E-state index in [0.717, 1.165) is 22.4 Å². The molecule has 3 rings (SSSR count). The molecule has 0 aliphatic rings. The Bertz CT molecular complexity index is 1290. The van der Waals surface area contributed by atoms with Gasteiger partial charge in [0.05, 0.1) is 12.3 Å². The maximum absolute atomic E-state index is 14.4. The summed E-state index contributed by atoms with van der Waals surface area (Å²) in [7, 11) is 3.10. The summed E-state index contributed by atoms with van der Waals surface area (Å²) >= 11 is 0. The average molecular weight is 732 g/mol. The smallest absolute Gasteiger partial charge is 0.514 e. The molecule has 1 aromatic heterocycles. The van der Waals surface area contributed by atoms with E-state index >= 15 is 0 Å². The number of halogens is 1. The minimum absolute atomic E-state index is 0. The molecular formula is C28H32FN3O4U. The molecule has 0 radical (unpaired) electrons. The van der Waals surface area contributed by atoms with Crippen LogP contribution in [0.1, 0.15) is 48.0 Å². The van der Waals surface area contributed by atoms with Gasteiger partial charge < -0.3 is 31.3 Å². The number of carbonyl (C=O) groups excluding carboxylic acids is 3. The van der Waals surface area contributed by atoms with Crippen molar-refractivity contribution in [3.63, 3.8) is 0 Å². The topological polar surface area (TPSA) is 82.9 Å². The van der Waals surface area contributed by atoms with Crippen molar-refractivity contribution in [3.8, 4) is 0 Å². The molecule has 0 bridgehead atoms. The SMILES string of the molecule is [CH2-]C(C)(C(=O)NCc1c(F)cccc1CC)N(CC(=O)N(C)C)C(=O)c1[c-]c2cc(CC)ccc2o1.[U+2]. The standard InChI is InChI=1S/C28H32FN3O4.U/c1-7-18-12-13-23-20(14-18)15-24(36-23)26(34)32(17-25(33)31(5)6)28(3,4)27(35)30-16-21-19(8-2)10-9-11-22(21)29;/h9-14H,3,7-8,16-17H2,1-2,4-6H3,(H,30,35);/q-2;+2. The summed E-state index contributed by atoms with van der Waals surface area (Å²) in [4.78, 5) is 41.8. The summed E-state index contributed by atoms with van der Waals surface area (Å²) in [6.45, 7) is 8.81. The van der Waals surface area contributed by atoms with E-state index in [1.165, 1.54) is 17.9 Å². The van der Waals surface area contributed by atoms with Gasteiger partial charge in [0.25, 0.3) is 0 Å². The van der Waals surface area contributed by atoms with Gasteiger partial charge in [-0.05, 0) is 30.0 Å². The Labute approximate surface area is 241 Å². The van der Waals surface area contributed by atoms with Gasteiger partial charge >= 0.3 is 31.1 Å². The van der Waals surface area contributed by atoms with Gasteiger partial charge in [0.2, 0.25) is 17.7 Å². The first kappa shape index (κ1) is 30.6. The molecule has 1 atom stereocenters. The van der Waals surface area contributed by atoms with Crippen molar-refractivity contribution in [2.75, 3.05) is 20.6 Å². The third-order valence-corrected chi connectivity index (χ3v) is 6.25. The maximum atomic E-state index is 14.4. The van der Waals surface area contributed by atoms with Crippen LogP contribution in [0.5, 0.6) is 0 Å². The molecule has 3 amide bonds. The van der Waals surface area contributed by atoms with Crippen LogP contribution in [0, 0.1) is 49.9 Å². The number of fused-ring (bicyclic) bond motifs is 1. The van der Waals surface area contributed by atoms with Gasteiger partial charge in [0.15, 0.2) is 0 Å². The first-order chi connectivity index (χ1) is 17.0. The number of nitrogens with zero attached hydrogens (tertiary/aromatic N) is 2. The Hall–Kier alpha value is -2.63. The van der Waals surface area contributed by atoms with Crippen LogP contribution in [-0.4, -0.2) is 53.7 Å². The van der Waals surface area contributed by atoms with Crippen molar-refractivity contribution in [2.45, 2.75) is 45.7 Å². The summed E-state index contributed by atoms with van der Waals surface area (Å²) in [6.07, 6.45) is 1.40. The van der Waals surface area contributed by atoms with Crippen LogP contribution in [0.3, 0.4) is 0 Å². The van der Waals surface area contributed by atoms with E-state index in [0.29, 0.717) is 23.0 Å². The van der Waals surface area contributed by atoms with Crippen molar-refractivity contribution < 1.29 is 54.3 Å². The fourth-order valence-electron chi connectivity index (χ4n) is 3.82. The number of likely N-dealkylation sites (N-methyl/N-ethyl adjacent to an activating group) is 1. The summed E-state index contributed by atoms with van der Waals surface area (Å²) < 4.78 is 20.1. The van der Waals surface area contributed by atoms with Crippen molar-refractivity contribution in [2.24, 2.45) is 0 Å². The number of nitrogens with one attached hydrogen (secondary N) is 1. The minimum Gasteiger partial charge on any atom is -0.514 e. The van der Waals surface area contributed by atoms with Crippen molar-refractivity contribution in [1.82, 2.24) is 15.1 Å². The number of aryl methyl sites for hydroxylation is 2. The third kappa shape index (κ3) is 6.82. The van der Waals surface area contributed by atoms with Gasteiger partial charge in [-0.15, -0.1) is 11.5 Å². The molecule has 37 heavy (non-hydrogen) atoms. The summed E-state index contributed by atoms with van der Waals surface area (Å²) in [5.41, 5.74) is 0.946. The van der Waals surface area contributed by atoms with E-state index in [1.807, 2.05) is 26.0 Å². The minimum atomic E-state index is -1.71. The molecule has 0 saturated carbocycles. The van der Waals surface area contributed by atoms with Gasteiger partial charge in [-0.2, -0.15) is 0 Å². The molecule has 7 nitrogen and oxygen atoms in total. The third-order valence-electron chi connectivity index (χ3n) is 6.25. The molecule has 2 aromatic carbocycles. The van der Waals surface area contributed by atoms with Crippen LogP contribution in [0.4, 0.5) is 4.39 Å². The molecule has 1 N–H and O–H groups in total. The van der Waals surface area contributed by atoms with Gasteiger partial charge in [0, 0.05) is 31.8 Å². The van der Waals surface area contributed by atoms with Gasteiger partial charge in [-0.1, -0.05) is 56.7 Å². The van der Waals surface area contributed by atoms with Crippen LogP contribution < -0.4 is 5.32 Å². The fourth-order valence-corrected chi connectivity index (χ4v) is 3.82. The predicted octanol–water partition coefficient (Wildman–Crippen LogP) is 3.94. The molecule has 0 aliphatic heterocycles. The molecular weight excluding hydrogens is 699 g/mol. The van der Waals surface area contributed by atoms with Crippen molar-refractivity contribution in [1.29, 1.82) is 0 Å². The summed E-state index contributed by atoms with van der Waals surface area (Å²) in [5, 5.41) is 3.31. The van der Waals surface area contributed by atoms with Gasteiger partial charge in [0.1, 0.15) is 5.82 Å². The summed E-state index contributed by atoms with van der Waals surface area (Å²) in [5.74, 6) is -2.31. The Morgan fingerprint density at radius 1 is 1.14 bits per heavy atom. The number of hydrogen-bond acceptors (Lipinski definition) is 4. The largest absolute Gasteiger partial charge is 2.00 e. The zero-order chi connectivity index (χ0) is 26.6. The van der Waals surface area contributed by atoms with Crippen LogP contribution >= 0.6 is 0 Å². The predicted molar refractivity (Wildman–Crippen MR) is 136 cm³/mol. The second kappa shape index (κ2) is 12.8. The molecule has 1 unspecified atom stereocenters. The van der Waals surface area contributed by atoms with Gasteiger partial charge in [-0.3, -0.25) is 9.59 Å². The van der Waals surface area contributed by atoms with Crippen LogP contribution in [0.15, 0.2) is 40.8 Å². The van der Waals surface area contributed by atoms with E-state index in [2.05, 4.69) is 18.3 Å².